The van der Waals surface area contributed by atoms with Gasteiger partial charge in [-0.25, -0.2) is 0 Å². The Morgan fingerprint density at radius 3 is 3.05 bits per heavy atom. The number of piperidine rings is 1. The predicted molar refractivity (Wildman–Crippen MR) is 78.7 cm³/mol. The summed E-state index contributed by atoms with van der Waals surface area (Å²) in [4.78, 5) is 0.982. The van der Waals surface area contributed by atoms with Crippen molar-refractivity contribution in [3.8, 4) is 11.8 Å². The van der Waals surface area contributed by atoms with Crippen molar-refractivity contribution in [2.24, 2.45) is 0 Å². The standard InChI is InChI=1S/C15H20N2OS/c1-19-15-7-4-6-14(13(15)11-16)18-10-8-12-5-2-3-9-17-12/h4,6-7,12,17H,2-3,5,8-10H2,1H3. The average Bonchev–Trinajstić information content (AvgIpc) is 2.48. The van der Waals surface area contributed by atoms with E-state index in [0.29, 0.717) is 24.0 Å². The minimum atomic E-state index is 0.572. The van der Waals surface area contributed by atoms with Crippen molar-refractivity contribution in [2.75, 3.05) is 19.4 Å². The van der Waals surface area contributed by atoms with Crippen LogP contribution >= 0.6 is 11.8 Å². The van der Waals surface area contributed by atoms with Crippen LogP contribution in [0.4, 0.5) is 0 Å². The van der Waals surface area contributed by atoms with Gasteiger partial charge in [-0.15, -0.1) is 11.8 Å². The number of benzene rings is 1. The largest absolute Gasteiger partial charge is 0.492 e. The molecule has 1 aliphatic rings. The third-order valence-electron chi connectivity index (χ3n) is 3.46. The minimum Gasteiger partial charge on any atom is -0.492 e. The Morgan fingerprint density at radius 1 is 1.47 bits per heavy atom. The number of nitrogens with zero attached hydrogens (tertiary/aromatic N) is 1. The molecule has 1 aromatic carbocycles. The summed E-state index contributed by atoms with van der Waals surface area (Å²) in [5, 5.41) is 12.7. The highest BCUT2D eigenvalue weighted by atomic mass is 32.2. The molecule has 3 nitrogen and oxygen atoms in total. The summed E-state index contributed by atoms with van der Waals surface area (Å²) in [6, 6.07) is 8.60. The van der Waals surface area contributed by atoms with E-state index in [9.17, 15) is 5.26 Å². The van der Waals surface area contributed by atoms with Gasteiger partial charge >= 0.3 is 0 Å². The van der Waals surface area contributed by atoms with Gasteiger partial charge in [0.2, 0.25) is 0 Å². The van der Waals surface area contributed by atoms with Gasteiger partial charge in [0.1, 0.15) is 17.4 Å². The van der Waals surface area contributed by atoms with Gasteiger partial charge in [-0.2, -0.15) is 5.26 Å². The van der Waals surface area contributed by atoms with Crippen molar-refractivity contribution in [3.05, 3.63) is 23.8 Å². The first-order valence-corrected chi connectivity index (χ1v) is 8.01. The second-order valence-electron chi connectivity index (χ2n) is 4.73. The fraction of sp³-hybridized carbons (Fsp3) is 0.533. The summed E-state index contributed by atoms with van der Waals surface area (Å²) in [5.74, 6) is 0.713. The van der Waals surface area contributed by atoms with Gasteiger partial charge in [0.25, 0.3) is 0 Å². The van der Waals surface area contributed by atoms with E-state index in [1.165, 1.54) is 19.3 Å². The van der Waals surface area contributed by atoms with Gasteiger partial charge in [0.05, 0.1) is 6.61 Å². The maximum atomic E-state index is 9.22. The number of nitriles is 1. The highest BCUT2D eigenvalue weighted by molar-refractivity contribution is 7.98. The Kier molecular flexibility index (Phi) is 5.56. The first-order chi connectivity index (χ1) is 9.35. The molecular weight excluding hydrogens is 256 g/mol. The summed E-state index contributed by atoms with van der Waals surface area (Å²) in [7, 11) is 0. The van der Waals surface area contributed by atoms with Crippen LogP contribution in [-0.4, -0.2) is 25.4 Å². The van der Waals surface area contributed by atoms with Crippen LogP contribution in [0.5, 0.6) is 5.75 Å². The van der Waals surface area contributed by atoms with Crippen LogP contribution in [0, 0.1) is 11.3 Å². The molecule has 1 aliphatic heterocycles. The van der Waals surface area contributed by atoms with Crippen LogP contribution in [-0.2, 0) is 0 Å². The lowest BCUT2D eigenvalue weighted by molar-refractivity contribution is 0.267. The van der Waals surface area contributed by atoms with Crippen molar-refractivity contribution in [1.29, 1.82) is 5.26 Å². The van der Waals surface area contributed by atoms with Crippen molar-refractivity contribution in [2.45, 2.75) is 36.6 Å². The molecule has 4 heteroatoms. The van der Waals surface area contributed by atoms with Crippen LogP contribution in [0.15, 0.2) is 23.1 Å². The van der Waals surface area contributed by atoms with Crippen molar-refractivity contribution < 1.29 is 4.74 Å². The molecule has 1 aromatic rings. The van der Waals surface area contributed by atoms with E-state index in [1.807, 2.05) is 24.5 Å². The molecule has 1 unspecified atom stereocenters. The summed E-state index contributed by atoms with van der Waals surface area (Å²) >= 11 is 1.58. The van der Waals surface area contributed by atoms with Crippen LogP contribution in [0.25, 0.3) is 0 Å². The Bertz CT molecular complexity index is 450. The first-order valence-electron chi connectivity index (χ1n) is 6.78. The lowest BCUT2D eigenvalue weighted by Gasteiger charge is -2.23. The van der Waals surface area contributed by atoms with Crippen molar-refractivity contribution >= 4 is 11.8 Å². The van der Waals surface area contributed by atoms with Gasteiger partial charge in [-0.3, -0.25) is 0 Å². The molecule has 1 heterocycles. The highest BCUT2D eigenvalue weighted by Crippen LogP contribution is 2.28. The third kappa shape index (κ3) is 3.89. The quantitative estimate of drug-likeness (QED) is 0.839. The summed E-state index contributed by atoms with van der Waals surface area (Å²) in [6.45, 7) is 1.79. The number of hydrogen-bond donors (Lipinski definition) is 1. The number of thioether (sulfide) groups is 1. The van der Waals surface area contributed by atoms with Crippen molar-refractivity contribution in [3.63, 3.8) is 0 Å². The molecule has 0 spiro atoms. The molecule has 0 amide bonds. The second-order valence-corrected chi connectivity index (χ2v) is 5.58. The van der Waals surface area contributed by atoms with Gasteiger partial charge in [0, 0.05) is 10.9 Å². The lowest BCUT2D eigenvalue weighted by atomic mass is 10.0. The first kappa shape index (κ1) is 14.2. The maximum absolute atomic E-state index is 9.22. The number of hydrogen-bond acceptors (Lipinski definition) is 4. The molecule has 0 bridgehead atoms. The molecular formula is C15H20N2OS. The third-order valence-corrected chi connectivity index (χ3v) is 4.24. The zero-order chi connectivity index (χ0) is 13.5. The van der Waals surface area contributed by atoms with Gasteiger partial charge < -0.3 is 10.1 Å². The SMILES string of the molecule is CSc1cccc(OCCC2CCCCN2)c1C#N. The van der Waals surface area contributed by atoms with Crippen LogP contribution in [0.2, 0.25) is 0 Å². The smallest absolute Gasteiger partial charge is 0.138 e. The molecule has 1 fully saturated rings. The van der Waals surface area contributed by atoms with E-state index >= 15 is 0 Å². The maximum Gasteiger partial charge on any atom is 0.138 e. The van der Waals surface area contributed by atoms with E-state index in [-0.39, 0.29) is 0 Å². The van der Waals surface area contributed by atoms with Gasteiger partial charge in [0.15, 0.2) is 0 Å². The average molecular weight is 276 g/mol. The number of rotatable bonds is 5. The molecule has 102 valence electrons. The Balaban J connectivity index is 1.90. The van der Waals surface area contributed by atoms with Crippen LogP contribution in [0.3, 0.4) is 0 Å². The fourth-order valence-corrected chi connectivity index (χ4v) is 2.96. The van der Waals surface area contributed by atoms with Gasteiger partial charge in [-0.05, 0) is 44.2 Å². The van der Waals surface area contributed by atoms with E-state index < -0.39 is 0 Å². The van der Waals surface area contributed by atoms with E-state index in [4.69, 9.17) is 4.74 Å². The minimum absolute atomic E-state index is 0.572. The molecule has 0 aromatic heterocycles. The predicted octanol–water partition coefficient (Wildman–Crippen LogP) is 3.19. The normalized spacial score (nSPS) is 18.8. The Labute approximate surface area is 119 Å². The number of nitrogens with one attached hydrogen (secondary N) is 1. The van der Waals surface area contributed by atoms with Crippen LogP contribution < -0.4 is 10.1 Å². The molecule has 1 N–H and O–H groups in total. The summed E-state index contributed by atoms with van der Waals surface area (Å²) in [5.41, 5.74) is 0.659. The fourth-order valence-electron chi connectivity index (χ4n) is 2.39. The lowest BCUT2D eigenvalue weighted by Crippen LogP contribution is -2.35. The van der Waals surface area contributed by atoms with Crippen LogP contribution in [0.1, 0.15) is 31.2 Å². The number of ether oxygens (including phenoxy) is 1. The van der Waals surface area contributed by atoms with Crippen molar-refractivity contribution in [1.82, 2.24) is 5.32 Å². The topological polar surface area (TPSA) is 45.0 Å². The molecule has 0 radical (unpaired) electrons. The zero-order valence-electron chi connectivity index (χ0n) is 11.3. The monoisotopic (exact) mass is 276 g/mol. The zero-order valence-corrected chi connectivity index (χ0v) is 12.1. The Morgan fingerprint density at radius 2 is 2.37 bits per heavy atom. The highest BCUT2D eigenvalue weighted by Gasteiger charge is 2.13. The van der Waals surface area contributed by atoms with E-state index in [0.717, 1.165) is 17.9 Å². The Hall–Kier alpha value is -1.18. The van der Waals surface area contributed by atoms with E-state index in [1.54, 1.807) is 11.8 Å². The molecule has 0 aliphatic carbocycles. The molecule has 19 heavy (non-hydrogen) atoms. The van der Waals surface area contributed by atoms with E-state index in [2.05, 4.69) is 11.4 Å². The molecule has 1 atom stereocenters. The second kappa shape index (κ2) is 7.42. The van der Waals surface area contributed by atoms with Gasteiger partial charge in [-0.1, -0.05) is 12.5 Å². The summed E-state index contributed by atoms with van der Waals surface area (Å²) in [6.07, 6.45) is 6.81. The molecule has 1 saturated heterocycles. The summed E-state index contributed by atoms with van der Waals surface area (Å²) < 4.78 is 5.80. The molecule has 0 saturated carbocycles. The molecule has 2 rings (SSSR count).